The highest BCUT2D eigenvalue weighted by molar-refractivity contribution is 7.98. The summed E-state index contributed by atoms with van der Waals surface area (Å²) in [6.45, 7) is 0.307. The minimum Gasteiger partial charge on any atom is -0.322 e. The Hall–Kier alpha value is -4.18. The van der Waals surface area contributed by atoms with Gasteiger partial charge in [-0.2, -0.15) is 5.10 Å². The molecule has 0 bridgehead atoms. The van der Waals surface area contributed by atoms with E-state index in [1.807, 2.05) is 42.5 Å². The predicted octanol–water partition coefficient (Wildman–Crippen LogP) is 3.21. The average Bonchev–Trinajstić information content (AvgIpc) is 3.47. The standard InChI is InChI=1S/C23H19N7O2S/c31-21(18-9-7-16(8-10-18)14-33-22-24-15-25-27-22)26-19-5-3-4-17(12-19)13-30-23(32)29-11-2-1-6-20(29)28-30/h1-12,15H,13-14H2,(H,26,31)(H,24,25,27). The maximum Gasteiger partial charge on any atom is 0.350 e. The molecule has 0 aliphatic rings. The Kier molecular flexibility index (Phi) is 5.73. The zero-order chi connectivity index (χ0) is 22.6. The molecule has 5 rings (SSSR count). The molecule has 0 aliphatic carbocycles. The first-order valence-corrected chi connectivity index (χ1v) is 11.2. The number of anilines is 1. The van der Waals surface area contributed by atoms with Gasteiger partial charge >= 0.3 is 5.69 Å². The molecule has 0 atom stereocenters. The highest BCUT2D eigenvalue weighted by Crippen LogP contribution is 2.19. The van der Waals surface area contributed by atoms with E-state index >= 15 is 0 Å². The first-order chi connectivity index (χ1) is 16.2. The number of amides is 1. The van der Waals surface area contributed by atoms with Crippen LogP contribution in [0.2, 0.25) is 0 Å². The van der Waals surface area contributed by atoms with Gasteiger partial charge in [0.05, 0.1) is 6.54 Å². The van der Waals surface area contributed by atoms with Crippen molar-refractivity contribution in [3.8, 4) is 0 Å². The van der Waals surface area contributed by atoms with Crippen LogP contribution in [0.3, 0.4) is 0 Å². The predicted molar refractivity (Wildman–Crippen MR) is 125 cm³/mol. The molecule has 9 nitrogen and oxygen atoms in total. The number of aromatic amines is 1. The van der Waals surface area contributed by atoms with Gasteiger partial charge in [-0.15, -0.1) is 5.10 Å². The van der Waals surface area contributed by atoms with Gasteiger partial charge in [-0.1, -0.05) is 42.1 Å². The molecule has 2 aromatic carbocycles. The first kappa shape index (κ1) is 20.7. The topological polar surface area (TPSA) is 110 Å². The van der Waals surface area contributed by atoms with Gasteiger partial charge in [0.15, 0.2) is 10.8 Å². The van der Waals surface area contributed by atoms with Gasteiger partial charge in [0.1, 0.15) is 6.33 Å². The van der Waals surface area contributed by atoms with Crippen molar-refractivity contribution in [1.82, 2.24) is 29.4 Å². The van der Waals surface area contributed by atoms with Gasteiger partial charge in [0.25, 0.3) is 5.91 Å². The fraction of sp³-hybridized carbons (Fsp3) is 0.0870. The number of fused-ring (bicyclic) bond motifs is 1. The van der Waals surface area contributed by atoms with E-state index in [0.717, 1.165) is 22.0 Å². The Morgan fingerprint density at radius 3 is 2.70 bits per heavy atom. The quantitative estimate of drug-likeness (QED) is 0.363. The van der Waals surface area contributed by atoms with E-state index in [9.17, 15) is 9.59 Å². The third-order valence-electron chi connectivity index (χ3n) is 4.99. The Bertz CT molecular complexity index is 1460. The number of carbonyl (C=O) groups is 1. The molecule has 164 valence electrons. The molecular weight excluding hydrogens is 438 g/mol. The van der Waals surface area contributed by atoms with E-state index in [-0.39, 0.29) is 11.6 Å². The van der Waals surface area contributed by atoms with Crippen LogP contribution in [0.15, 0.2) is 89.2 Å². The van der Waals surface area contributed by atoms with Crippen molar-refractivity contribution in [2.24, 2.45) is 0 Å². The number of H-pyrrole nitrogens is 1. The number of carbonyl (C=O) groups excluding carboxylic acids is 1. The maximum atomic E-state index is 12.7. The van der Waals surface area contributed by atoms with Crippen LogP contribution in [0.25, 0.3) is 5.65 Å². The Balaban J connectivity index is 1.24. The lowest BCUT2D eigenvalue weighted by Gasteiger charge is -2.08. The summed E-state index contributed by atoms with van der Waals surface area (Å²) in [5, 5.41) is 14.7. The molecule has 0 fully saturated rings. The molecule has 0 unspecified atom stereocenters. The van der Waals surface area contributed by atoms with Crippen molar-refractivity contribution in [3.05, 3.63) is 106 Å². The molecule has 5 aromatic rings. The number of hydrogen-bond acceptors (Lipinski definition) is 6. The van der Waals surface area contributed by atoms with E-state index in [1.165, 1.54) is 15.4 Å². The molecule has 0 aliphatic heterocycles. The number of hydrogen-bond donors (Lipinski definition) is 2. The molecule has 10 heteroatoms. The fourth-order valence-electron chi connectivity index (χ4n) is 3.36. The van der Waals surface area contributed by atoms with E-state index < -0.39 is 0 Å². The van der Waals surface area contributed by atoms with Crippen molar-refractivity contribution in [2.75, 3.05) is 5.32 Å². The third-order valence-corrected chi connectivity index (χ3v) is 5.94. The second-order valence-corrected chi connectivity index (χ2v) is 8.26. The van der Waals surface area contributed by atoms with Crippen LogP contribution in [0.1, 0.15) is 21.5 Å². The summed E-state index contributed by atoms with van der Waals surface area (Å²) in [6, 6.07) is 20.2. The van der Waals surface area contributed by atoms with E-state index in [1.54, 1.807) is 42.2 Å². The number of aromatic nitrogens is 6. The average molecular weight is 458 g/mol. The largest absolute Gasteiger partial charge is 0.350 e. The van der Waals surface area contributed by atoms with Crippen LogP contribution in [0.5, 0.6) is 0 Å². The number of nitrogens with one attached hydrogen (secondary N) is 2. The zero-order valence-corrected chi connectivity index (χ0v) is 18.2. The molecule has 0 saturated carbocycles. The number of nitrogens with zero attached hydrogens (tertiary/aromatic N) is 5. The molecule has 0 radical (unpaired) electrons. The smallest absolute Gasteiger partial charge is 0.322 e. The third kappa shape index (κ3) is 4.70. The molecule has 2 N–H and O–H groups in total. The molecule has 0 spiro atoms. The highest BCUT2D eigenvalue weighted by atomic mass is 32.2. The van der Waals surface area contributed by atoms with E-state index in [4.69, 9.17) is 0 Å². The number of benzene rings is 2. The molecule has 3 heterocycles. The van der Waals surface area contributed by atoms with Crippen LogP contribution >= 0.6 is 11.8 Å². The lowest BCUT2D eigenvalue weighted by Crippen LogP contribution is -2.21. The minimum atomic E-state index is -0.207. The molecule has 3 aromatic heterocycles. The Morgan fingerprint density at radius 2 is 1.91 bits per heavy atom. The first-order valence-electron chi connectivity index (χ1n) is 10.2. The van der Waals surface area contributed by atoms with Crippen LogP contribution in [0, 0.1) is 0 Å². The fourth-order valence-corrected chi connectivity index (χ4v) is 4.10. The maximum absolute atomic E-state index is 12.7. The van der Waals surface area contributed by atoms with Gasteiger partial charge in [-0.3, -0.25) is 14.3 Å². The minimum absolute atomic E-state index is 0.202. The van der Waals surface area contributed by atoms with Gasteiger partial charge in [0, 0.05) is 23.2 Å². The summed E-state index contributed by atoms with van der Waals surface area (Å²) in [4.78, 5) is 29.3. The number of rotatable bonds is 7. The summed E-state index contributed by atoms with van der Waals surface area (Å²) in [7, 11) is 0. The summed E-state index contributed by atoms with van der Waals surface area (Å²) in [5.74, 6) is 0.521. The number of thioether (sulfide) groups is 1. The molecular formula is C23H19N7O2S. The normalized spacial score (nSPS) is 11.0. The Labute approximate surface area is 192 Å². The SMILES string of the molecule is O=C(Nc1cccc(Cn2nc3ccccn3c2=O)c1)c1ccc(CSc2ncn[nH]2)cc1. The molecule has 1 amide bonds. The molecule has 33 heavy (non-hydrogen) atoms. The van der Waals surface area contributed by atoms with Gasteiger partial charge < -0.3 is 5.32 Å². The van der Waals surface area contributed by atoms with Crippen LogP contribution in [0.4, 0.5) is 5.69 Å². The van der Waals surface area contributed by atoms with Crippen LogP contribution < -0.4 is 11.0 Å². The van der Waals surface area contributed by atoms with Crippen LogP contribution in [-0.2, 0) is 12.3 Å². The highest BCUT2D eigenvalue weighted by Gasteiger charge is 2.09. The van der Waals surface area contributed by atoms with Gasteiger partial charge in [0.2, 0.25) is 0 Å². The summed E-state index contributed by atoms with van der Waals surface area (Å²) in [6.07, 6.45) is 3.16. The van der Waals surface area contributed by atoms with Gasteiger partial charge in [-0.05, 0) is 47.5 Å². The van der Waals surface area contributed by atoms with Crippen molar-refractivity contribution in [2.45, 2.75) is 17.5 Å². The number of pyridine rings is 1. The molecule has 0 saturated heterocycles. The lowest BCUT2D eigenvalue weighted by atomic mass is 10.1. The van der Waals surface area contributed by atoms with E-state index in [0.29, 0.717) is 23.4 Å². The van der Waals surface area contributed by atoms with Gasteiger partial charge in [-0.25, -0.2) is 14.5 Å². The summed E-state index contributed by atoms with van der Waals surface area (Å²) in [5.41, 5.74) is 3.53. The van der Waals surface area contributed by atoms with Crippen molar-refractivity contribution in [1.29, 1.82) is 0 Å². The van der Waals surface area contributed by atoms with Crippen molar-refractivity contribution >= 4 is 29.0 Å². The second kappa shape index (κ2) is 9.13. The van der Waals surface area contributed by atoms with Crippen molar-refractivity contribution < 1.29 is 4.79 Å². The van der Waals surface area contributed by atoms with E-state index in [2.05, 4.69) is 25.6 Å². The van der Waals surface area contributed by atoms with Crippen molar-refractivity contribution in [3.63, 3.8) is 0 Å². The second-order valence-electron chi connectivity index (χ2n) is 7.30. The lowest BCUT2D eigenvalue weighted by molar-refractivity contribution is 0.102. The monoisotopic (exact) mass is 457 g/mol. The summed E-state index contributed by atoms with van der Waals surface area (Å²) < 4.78 is 2.91. The zero-order valence-electron chi connectivity index (χ0n) is 17.4. The Morgan fingerprint density at radius 1 is 1.03 bits per heavy atom. The summed E-state index contributed by atoms with van der Waals surface area (Å²) >= 11 is 1.54. The van der Waals surface area contributed by atoms with Crippen LogP contribution in [-0.4, -0.2) is 35.3 Å².